The summed E-state index contributed by atoms with van der Waals surface area (Å²) in [7, 11) is 3.93. The standard InChI is InChI=1S/C17H34N4O2/c1-18-17(20-13-16-14-21(2)10-12-23-16)19-9-11-22-15-7-5-3-4-6-8-15/h15-16H,3-14H2,1-2H3,(H2,18,19,20). The Balaban J connectivity index is 1.55. The number of hydrogen-bond donors (Lipinski definition) is 2. The molecule has 1 unspecified atom stereocenters. The van der Waals surface area contributed by atoms with E-state index in [0.717, 1.165) is 45.4 Å². The van der Waals surface area contributed by atoms with E-state index in [1.165, 1.54) is 38.5 Å². The summed E-state index contributed by atoms with van der Waals surface area (Å²) in [5.74, 6) is 0.825. The van der Waals surface area contributed by atoms with Gasteiger partial charge in [0.15, 0.2) is 5.96 Å². The van der Waals surface area contributed by atoms with Crippen LogP contribution in [0.3, 0.4) is 0 Å². The molecule has 6 heteroatoms. The molecule has 1 aliphatic heterocycles. The highest BCUT2D eigenvalue weighted by Crippen LogP contribution is 2.19. The Bertz CT molecular complexity index is 343. The summed E-state index contributed by atoms with van der Waals surface area (Å²) in [6.45, 7) is 5.12. The first kappa shape index (κ1) is 18.5. The van der Waals surface area contributed by atoms with Crippen molar-refractivity contribution in [2.24, 2.45) is 4.99 Å². The van der Waals surface area contributed by atoms with Crippen molar-refractivity contribution in [1.82, 2.24) is 15.5 Å². The first-order chi connectivity index (χ1) is 11.3. The quantitative estimate of drug-likeness (QED) is 0.333. The van der Waals surface area contributed by atoms with Crippen molar-refractivity contribution in [2.75, 3.05) is 53.5 Å². The topological polar surface area (TPSA) is 58.1 Å². The Morgan fingerprint density at radius 2 is 2.00 bits per heavy atom. The Morgan fingerprint density at radius 1 is 1.22 bits per heavy atom. The molecule has 1 heterocycles. The summed E-state index contributed by atoms with van der Waals surface area (Å²) in [4.78, 5) is 6.56. The Labute approximate surface area is 141 Å². The molecule has 0 aromatic rings. The molecule has 2 aliphatic rings. The molecular weight excluding hydrogens is 292 g/mol. The average Bonchev–Trinajstić information content (AvgIpc) is 2.83. The highest BCUT2D eigenvalue weighted by molar-refractivity contribution is 5.79. The van der Waals surface area contributed by atoms with E-state index in [2.05, 4.69) is 27.6 Å². The second-order valence-corrected chi connectivity index (χ2v) is 6.62. The van der Waals surface area contributed by atoms with Gasteiger partial charge >= 0.3 is 0 Å². The van der Waals surface area contributed by atoms with E-state index >= 15 is 0 Å². The van der Waals surface area contributed by atoms with Crippen molar-refractivity contribution in [3.8, 4) is 0 Å². The van der Waals surface area contributed by atoms with Crippen LogP contribution >= 0.6 is 0 Å². The van der Waals surface area contributed by atoms with Gasteiger partial charge in [-0.2, -0.15) is 0 Å². The fraction of sp³-hybridized carbons (Fsp3) is 0.941. The van der Waals surface area contributed by atoms with E-state index in [-0.39, 0.29) is 6.10 Å². The van der Waals surface area contributed by atoms with Crippen LogP contribution in [0, 0.1) is 0 Å². The van der Waals surface area contributed by atoms with Gasteiger partial charge in [-0.15, -0.1) is 0 Å². The van der Waals surface area contributed by atoms with E-state index in [1.807, 2.05) is 0 Å². The molecule has 0 bridgehead atoms. The Hall–Kier alpha value is -0.850. The van der Waals surface area contributed by atoms with Crippen LogP contribution in [0.4, 0.5) is 0 Å². The second kappa shape index (κ2) is 10.8. The fourth-order valence-electron chi connectivity index (χ4n) is 3.23. The van der Waals surface area contributed by atoms with Crippen LogP contribution in [0.25, 0.3) is 0 Å². The predicted octanol–water partition coefficient (Wildman–Crippen LogP) is 1.22. The first-order valence-corrected chi connectivity index (χ1v) is 9.14. The van der Waals surface area contributed by atoms with E-state index in [0.29, 0.717) is 6.10 Å². The van der Waals surface area contributed by atoms with E-state index < -0.39 is 0 Å². The number of likely N-dealkylation sites (N-methyl/N-ethyl adjacent to an activating group) is 1. The van der Waals surface area contributed by atoms with Gasteiger partial charge in [-0.05, 0) is 19.9 Å². The number of guanidine groups is 1. The van der Waals surface area contributed by atoms with Gasteiger partial charge in [0, 0.05) is 33.2 Å². The van der Waals surface area contributed by atoms with Gasteiger partial charge in [-0.1, -0.05) is 25.7 Å². The maximum atomic E-state index is 5.99. The maximum absolute atomic E-state index is 5.99. The van der Waals surface area contributed by atoms with Crippen molar-refractivity contribution in [1.29, 1.82) is 0 Å². The third-order valence-electron chi connectivity index (χ3n) is 4.61. The van der Waals surface area contributed by atoms with Crippen molar-refractivity contribution in [3.63, 3.8) is 0 Å². The van der Waals surface area contributed by atoms with Crippen LogP contribution in [0.5, 0.6) is 0 Å². The highest BCUT2D eigenvalue weighted by atomic mass is 16.5. The summed E-state index contributed by atoms with van der Waals surface area (Å²) in [5.41, 5.74) is 0. The van der Waals surface area contributed by atoms with Crippen molar-refractivity contribution in [2.45, 2.75) is 50.7 Å². The van der Waals surface area contributed by atoms with E-state index in [4.69, 9.17) is 9.47 Å². The molecule has 1 aliphatic carbocycles. The molecule has 134 valence electrons. The minimum atomic E-state index is 0.231. The second-order valence-electron chi connectivity index (χ2n) is 6.62. The monoisotopic (exact) mass is 326 g/mol. The molecule has 1 atom stereocenters. The lowest BCUT2D eigenvalue weighted by Gasteiger charge is -2.30. The molecule has 0 amide bonds. The minimum Gasteiger partial charge on any atom is -0.376 e. The molecule has 1 saturated heterocycles. The molecule has 23 heavy (non-hydrogen) atoms. The lowest BCUT2D eigenvalue weighted by Crippen LogP contribution is -2.48. The number of nitrogens with zero attached hydrogens (tertiary/aromatic N) is 2. The number of nitrogens with one attached hydrogen (secondary N) is 2. The van der Waals surface area contributed by atoms with Crippen molar-refractivity contribution >= 4 is 5.96 Å². The zero-order chi connectivity index (χ0) is 16.3. The van der Waals surface area contributed by atoms with Gasteiger partial charge in [-0.25, -0.2) is 0 Å². The van der Waals surface area contributed by atoms with Crippen LogP contribution in [0.2, 0.25) is 0 Å². The van der Waals surface area contributed by atoms with Gasteiger partial charge in [-0.3, -0.25) is 4.99 Å². The van der Waals surface area contributed by atoms with Gasteiger partial charge in [0.1, 0.15) is 0 Å². The molecule has 2 rings (SSSR count). The zero-order valence-electron chi connectivity index (χ0n) is 14.9. The normalized spacial score (nSPS) is 25.1. The molecule has 1 saturated carbocycles. The lowest BCUT2D eigenvalue weighted by molar-refractivity contribution is -0.0161. The van der Waals surface area contributed by atoms with Crippen LogP contribution in [0.1, 0.15) is 38.5 Å². The molecule has 0 aromatic heterocycles. The van der Waals surface area contributed by atoms with Gasteiger partial charge in [0.25, 0.3) is 0 Å². The van der Waals surface area contributed by atoms with Gasteiger partial charge in [0.2, 0.25) is 0 Å². The van der Waals surface area contributed by atoms with E-state index in [9.17, 15) is 0 Å². The average molecular weight is 326 g/mol. The summed E-state index contributed by atoms with van der Waals surface area (Å²) in [6, 6.07) is 0. The number of hydrogen-bond acceptors (Lipinski definition) is 4. The van der Waals surface area contributed by atoms with Crippen LogP contribution in [-0.2, 0) is 9.47 Å². The Morgan fingerprint density at radius 3 is 2.70 bits per heavy atom. The number of aliphatic imine (C=N–C) groups is 1. The molecule has 2 N–H and O–H groups in total. The molecule has 0 aromatic carbocycles. The van der Waals surface area contributed by atoms with Crippen LogP contribution in [0.15, 0.2) is 4.99 Å². The van der Waals surface area contributed by atoms with Crippen LogP contribution < -0.4 is 10.6 Å². The lowest BCUT2D eigenvalue weighted by atomic mass is 10.1. The predicted molar refractivity (Wildman–Crippen MR) is 94.0 cm³/mol. The third kappa shape index (κ3) is 7.50. The van der Waals surface area contributed by atoms with Gasteiger partial charge in [0.05, 0.1) is 25.4 Å². The summed E-state index contributed by atoms with van der Waals surface area (Å²) >= 11 is 0. The zero-order valence-corrected chi connectivity index (χ0v) is 14.9. The molecule has 6 nitrogen and oxygen atoms in total. The maximum Gasteiger partial charge on any atom is 0.191 e. The first-order valence-electron chi connectivity index (χ1n) is 9.14. The van der Waals surface area contributed by atoms with E-state index in [1.54, 1.807) is 7.05 Å². The molecule has 0 spiro atoms. The van der Waals surface area contributed by atoms with Crippen molar-refractivity contribution in [3.05, 3.63) is 0 Å². The highest BCUT2D eigenvalue weighted by Gasteiger charge is 2.17. The van der Waals surface area contributed by atoms with Crippen molar-refractivity contribution < 1.29 is 9.47 Å². The third-order valence-corrected chi connectivity index (χ3v) is 4.61. The largest absolute Gasteiger partial charge is 0.376 e. The molecule has 0 radical (unpaired) electrons. The van der Waals surface area contributed by atoms with Crippen LogP contribution in [-0.4, -0.2) is 76.6 Å². The number of rotatable bonds is 6. The summed E-state index contributed by atoms with van der Waals surface area (Å²) < 4.78 is 11.7. The smallest absolute Gasteiger partial charge is 0.191 e. The number of ether oxygens (including phenoxy) is 2. The van der Waals surface area contributed by atoms with Gasteiger partial charge < -0.3 is 25.0 Å². The number of morpholine rings is 1. The molecule has 2 fully saturated rings. The Kier molecular flexibility index (Phi) is 8.71. The minimum absolute atomic E-state index is 0.231. The fourth-order valence-corrected chi connectivity index (χ4v) is 3.23. The summed E-state index contributed by atoms with van der Waals surface area (Å²) in [6.07, 6.45) is 8.50. The SMILES string of the molecule is CN=C(NCCOC1CCCCCC1)NCC1CN(C)CCO1. The molecular formula is C17H34N4O2. The summed E-state index contributed by atoms with van der Waals surface area (Å²) in [5, 5.41) is 6.66.